The van der Waals surface area contributed by atoms with E-state index in [-0.39, 0.29) is 36.1 Å². The molecule has 2 aliphatic rings. The highest BCUT2D eigenvalue weighted by molar-refractivity contribution is 5.24. The zero-order valence-corrected chi connectivity index (χ0v) is 12.3. The summed E-state index contributed by atoms with van der Waals surface area (Å²) in [6.45, 7) is 1.23. The minimum Gasteiger partial charge on any atom is -0.370 e. The molecule has 0 spiro atoms. The number of hydrogen-bond donors (Lipinski definition) is 0. The maximum atomic E-state index is 13.1. The highest BCUT2D eigenvalue weighted by atomic mass is 19.1. The number of epoxide rings is 2. The molecule has 2 aliphatic heterocycles. The summed E-state index contributed by atoms with van der Waals surface area (Å²) in [5, 5.41) is 0. The minimum atomic E-state index is -0.296. The standard InChI is InChI=1S/C18H16F2O3/c19-13-5-1-11(2-6-13)17(15-9-21-15)23-18(16-10-22-16)12-3-7-14(20)8-4-12/h1-8,15-18H,9-10H2/t15-,16-,17?,18?/m0/s1. The van der Waals surface area contributed by atoms with E-state index in [0.717, 1.165) is 11.1 Å². The Bertz CT molecular complexity index is 604. The zero-order valence-electron chi connectivity index (χ0n) is 12.3. The molecule has 2 aromatic rings. The molecule has 0 aliphatic carbocycles. The molecule has 23 heavy (non-hydrogen) atoms. The molecule has 0 N–H and O–H groups in total. The van der Waals surface area contributed by atoms with Crippen LogP contribution in [0.25, 0.3) is 0 Å². The fraction of sp³-hybridized carbons (Fsp3) is 0.333. The first kappa shape index (κ1) is 14.8. The third kappa shape index (κ3) is 3.42. The molecule has 4 atom stereocenters. The maximum Gasteiger partial charge on any atom is 0.123 e. The van der Waals surface area contributed by atoms with E-state index in [1.54, 1.807) is 24.3 Å². The largest absolute Gasteiger partial charge is 0.370 e. The van der Waals surface area contributed by atoms with Crippen LogP contribution >= 0.6 is 0 Å². The van der Waals surface area contributed by atoms with Crippen LogP contribution in [0.15, 0.2) is 48.5 Å². The van der Waals surface area contributed by atoms with Gasteiger partial charge >= 0.3 is 0 Å². The van der Waals surface area contributed by atoms with Gasteiger partial charge in [0.1, 0.15) is 36.1 Å². The predicted octanol–water partition coefficient (Wildman–Crippen LogP) is 3.56. The van der Waals surface area contributed by atoms with Gasteiger partial charge in [-0.1, -0.05) is 24.3 Å². The summed E-state index contributed by atoms with van der Waals surface area (Å²) >= 11 is 0. The summed E-state index contributed by atoms with van der Waals surface area (Å²) in [5.74, 6) is -0.574. The molecule has 0 amide bonds. The lowest BCUT2D eigenvalue weighted by Gasteiger charge is -2.23. The van der Waals surface area contributed by atoms with Crippen molar-refractivity contribution in [2.45, 2.75) is 24.4 Å². The first-order valence-electron chi connectivity index (χ1n) is 7.60. The van der Waals surface area contributed by atoms with Crippen LogP contribution in [0.3, 0.4) is 0 Å². The Morgan fingerprint density at radius 3 is 1.39 bits per heavy atom. The lowest BCUT2D eigenvalue weighted by Crippen LogP contribution is -2.19. The summed E-state index contributed by atoms with van der Waals surface area (Å²) in [5.41, 5.74) is 1.73. The molecule has 2 aromatic carbocycles. The maximum absolute atomic E-state index is 13.1. The molecule has 2 unspecified atom stereocenters. The smallest absolute Gasteiger partial charge is 0.123 e. The number of halogens is 2. The molecule has 0 radical (unpaired) electrons. The van der Waals surface area contributed by atoms with Crippen molar-refractivity contribution in [3.8, 4) is 0 Å². The quantitative estimate of drug-likeness (QED) is 0.764. The number of hydrogen-bond acceptors (Lipinski definition) is 3. The van der Waals surface area contributed by atoms with Crippen LogP contribution in [0.4, 0.5) is 8.78 Å². The Balaban J connectivity index is 1.58. The van der Waals surface area contributed by atoms with Crippen molar-refractivity contribution in [3.63, 3.8) is 0 Å². The average Bonchev–Trinajstić information content (AvgIpc) is 3.45. The van der Waals surface area contributed by atoms with Crippen molar-refractivity contribution < 1.29 is 23.0 Å². The van der Waals surface area contributed by atoms with E-state index in [2.05, 4.69) is 0 Å². The van der Waals surface area contributed by atoms with E-state index in [4.69, 9.17) is 14.2 Å². The Morgan fingerprint density at radius 2 is 1.09 bits per heavy atom. The summed E-state index contributed by atoms with van der Waals surface area (Å²) in [4.78, 5) is 0. The summed E-state index contributed by atoms with van der Waals surface area (Å²) < 4.78 is 43.3. The van der Waals surface area contributed by atoms with E-state index in [0.29, 0.717) is 13.2 Å². The Labute approximate surface area is 132 Å². The van der Waals surface area contributed by atoms with E-state index in [9.17, 15) is 8.78 Å². The van der Waals surface area contributed by atoms with Gasteiger partial charge in [-0.3, -0.25) is 0 Å². The average molecular weight is 318 g/mol. The van der Waals surface area contributed by atoms with Crippen LogP contribution in [-0.2, 0) is 14.2 Å². The van der Waals surface area contributed by atoms with Gasteiger partial charge in [0, 0.05) is 0 Å². The van der Waals surface area contributed by atoms with Gasteiger partial charge in [0.05, 0.1) is 13.2 Å². The molecule has 0 aromatic heterocycles. The minimum absolute atomic E-state index is 0.0397. The SMILES string of the molecule is Fc1ccc(C(OC(c2ccc(F)cc2)[C@@H]2CO2)[C@@H]2CO2)cc1. The van der Waals surface area contributed by atoms with E-state index in [1.807, 2.05) is 0 Å². The highest BCUT2D eigenvalue weighted by Gasteiger charge is 2.42. The molecular formula is C18H16F2O3. The van der Waals surface area contributed by atoms with Crippen molar-refractivity contribution in [1.29, 1.82) is 0 Å². The highest BCUT2D eigenvalue weighted by Crippen LogP contribution is 2.40. The van der Waals surface area contributed by atoms with Crippen molar-refractivity contribution in [2.75, 3.05) is 13.2 Å². The number of rotatable bonds is 6. The van der Waals surface area contributed by atoms with E-state index >= 15 is 0 Å². The zero-order chi connectivity index (χ0) is 15.8. The van der Waals surface area contributed by atoms with Crippen molar-refractivity contribution in [2.24, 2.45) is 0 Å². The van der Waals surface area contributed by atoms with Gasteiger partial charge in [-0.25, -0.2) is 8.78 Å². The van der Waals surface area contributed by atoms with Crippen LogP contribution < -0.4 is 0 Å². The molecule has 2 heterocycles. The summed E-state index contributed by atoms with van der Waals surface area (Å²) in [7, 11) is 0. The lowest BCUT2D eigenvalue weighted by atomic mass is 10.0. The Morgan fingerprint density at radius 1 is 0.739 bits per heavy atom. The molecule has 2 saturated heterocycles. The Kier molecular flexibility index (Phi) is 3.85. The van der Waals surface area contributed by atoms with Gasteiger partial charge in [-0.15, -0.1) is 0 Å². The van der Waals surface area contributed by atoms with E-state index in [1.165, 1.54) is 24.3 Å². The van der Waals surface area contributed by atoms with E-state index < -0.39 is 0 Å². The molecule has 0 bridgehead atoms. The molecule has 4 rings (SSSR count). The fourth-order valence-electron chi connectivity index (χ4n) is 2.69. The van der Waals surface area contributed by atoms with Gasteiger partial charge < -0.3 is 14.2 Å². The van der Waals surface area contributed by atoms with Crippen LogP contribution in [0.1, 0.15) is 23.3 Å². The van der Waals surface area contributed by atoms with Crippen molar-refractivity contribution in [3.05, 3.63) is 71.3 Å². The molecule has 120 valence electrons. The number of ether oxygens (including phenoxy) is 3. The van der Waals surface area contributed by atoms with Crippen LogP contribution in [-0.4, -0.2) is 25.4 Å². The number of benzene rings is 2. The van der Waals surface area contributed by atoms with Gasteiger partial charge in [-0.2, -0.15) is 0 Å². The third-order valence-electron chi connectivity index (χ3n) is 4.08. The lowest BCUT2D eigenvalue weighted by molar-refractivity contribution is -0.0419. The summed E-state index contributed by atoms with van der Waals surface area (Å²) in [6.07, 6.45) is -0.672. The van der Waals surface area contributed by atoms with Crippen LogP contribution in [0.2, 0.25) is 0 Å². The predicted molar refractivity (Wildman–Crippen MR) is 78.8 cm³/mol. The van der Waals surface area contributed by atoms with Crippen molar-refractivity contribution >= 4 is 0 Å². The van der Waals surface area contributed by atoms with Gasteiger partial charge in [-0.05, 0) is 35.4 Å². The topological polar surface area (TPSA) is 34.3 Å². The van der Waals surface area contributed by atoms with Crippen molar-refractivity contribution in [1.82, 2.24) is 0 Å². The summed E-state index contributed by atoms with van der Waals surface area (Å²) in [6, 6.07) is 12.5. The molecule has 0 saturated carbocycles. The second-order valence-corrected chi connectivity index (χ2v) is 5.82. The molecular weight excluding hydrogens is 302 g/mol. The Hall–Kier alpha value is -1.82. The molecule has 2 fully saturated rings. The monoisotopic (exact) mass is 318 g/mol. The van der Waals surface area contributed by atoms with Crippen LogP contribution in [0, 0.1) is 11.6 Å². The molecule has 5 heteroatoms. The van der Waals surface area contributed by atoms with Gasteiger partial charge in [0.25, 0.3) is 0 Å². The first-order chi connectivity index (χ1) is 11.2. The fourth-order valence-corrected chi connectivity index (χ4v) is 2.69. The van der Waals surface area contributed by atoms with Crippen LogP contribution in [0.5, 0.6) is 0 Å². The second kappa shape index (κ2) is 6.00. The van der Waals surface area contributed by atoms with Gasteiger partial charge in [0.2, 0.25) is 0 Å². The third-order valence-corrected chi connectivity index (χ3v) is 4.08. The first-order valence-corrected chi connectivity index (χ1v) is 7.60. The normalized spacial score (nSPS) is 25.0. The molecule has 3 nitrogen and oxygen atoms in total. The van der Waals surface area contributed by atoms with Gasteiger partial charge in [0.15, 0.2) is 0 Å². The second-order valence-electron chi connectivity index (χ2n) is 5.82.